The number of nitrogens with one attached hydrogen (secondary N) is 1. The topological polar surface area (TPSA) is 77.5 Å². The van der Waals surface area contributed by atoms with Gasteiger partial charge in [-0.25, -0.2) is 14.1 Å². The highest BCUT2D eigenvalue weighted by molar-refractivity contribution is 5.93. The molecule has 0 fully saturated rings. The van der Waals surface area contributed by atoms with Crippen LogP contribution in [-0.4, -0.2) is 22.8 Å². The van der Waals surface area contributed by atoms with E-state index in [0.717, 1.165) is 17.1 Å². The van der Waals surface area contributed by atoms with Crippen LogP contribution in [0.4, 0.5) is 10.1 Å². The van der Waals surface area contributed by atoms with Gasteiger partial charge < -0.3 is 15.8 Å². The van der Waals surface area contributed by atoms with Crippen LogP contribution in [0.3, 0.4) is 0 Å². The molecule has 128 valence electrons. The maximum atomic E-state index is 13.0. The van der Waals surface area contributed by atoms with Gasteiger partial charge in [-0.3, -0.25) is 0 Å². The van der Waals surface area contributed by atoms with Crippen molar-refractivity contribution in [3.63, 3.8) is 0 Å². The zero-order valence-corrected chi connectivity index (χ0v) is 13.7. The molecule has 0 unspecified atom stereocenters. The van der Waals surface area contributed by atoms with Crippen molar-refractivity contribution in [2.24, 2.45) is 10.7 Å². The largest absolute Gasteiger partial charge is 0.495 e. The van der Waals surface area contributed by atoms with E-state index >= 15 is 0 Å². The van der Waals surface area contributed by atoms with Crippen LogP contribution in [-0.2, 0) is 6.54 Å². The Balaban J connectivity index is 1.66. The fourth-order valence-corrected chi connectivity index (χ4v) is 2.28. The van der Waals surface area contributed by atoms with Crippen molar-refractivity contribution >= 4 is 11.6 Å². The van der Waals surface area contributed by atoms with E-state index in [1.807, 2.05) is 30.3 Å². The lowest BCUT2D eigenvalue weighted by molar-refractivity contribution is 0.417. The lowest BCUT2D eigenvalue weighted by atomic mass is 10.3. The third kappa shape index (κ3) is 4.14. The fourth-order valence-electron chi connectivity index (χ4n) is 2.28. The first-order valence-corrected chi connectivity index (χ1v) is 7.66. The molecule has 3 aromatic rings. The number of hydrogen-bond acceptors (Lipinski definition) is 3. The van der Waals surface area contributed by atoms with Gasteiger partial charge in [-0.1, -0.05) is 12.1 Å². The van der Waals surface area contributed by atoms with Crippen molar-refractivity contribution in [1.82, 2.24) is 9.78 Å². The Labute approximate surface area is 144 Å². The molecule has 2 aromatic carbocycles. The van der Waals surface area contributed by atoms with Gasteiger partial charge in [-0.15, -0.1) is 0 Å². The quantitative estimate of drug-likeness (QED) is 0.553. The molecule has 0 bridgehead atoms. The number of aliphatic imine (C=N–C) groups is 1. The number of nitrogens with two attached hydrogens (primary N) is 1. The van der Waals surface area contributed by atoms with Crippen LogP contribution >= 0.6 is 0 Å². The summed E-state index contributed by atoms with van der Waals surface area (Å²) in [7, 11) is 1.59. The average molecular weight is 339 g/mol. The minimum Gasteiger partial charge on any atom is -0.495 e. The number of rotatable bonds is 5. The average Bonchev–Trinajstić information content (AvgIpc) is 3.10. The van der Waals surface area contributed by atoms with Crippen LogP contribution in [0.25, 0.3) is 5.69 Å². The van der Waals surface area contributed by atoms with Gasteiger partial charge >= 0.3 is 0 Å². The van der Waals surface area contributed by atoms with Crippen molar-refractivity contribution in [3.8, 4) is 11.4 Å². The molecule has 3 rings (SSSR count). The second kappa shape index (κ2) is 7.48. The molecule has 3 N–H and O–H groups in total. The Kier molecular flexibility index (Phi) is 4.94. The molecule has 0 spiro atoms. The summed E-state index contributed by atoms with van der Waals surface area (Å²) in [6, 6.07) is 15.4. The van der Waals surface area contributed by atoms with Gasteiger partial charge in [0.25, 0.3) is 0 Å². The molecule has 0 saturated heterocycles. The van der Waals surface area contributed by atoms with Gasteiger partial charge in [-0.2, -0.15) is 5.10 Å². The van der Waals surface area contributed by atoms with Crippen LogP contribution in [0.15, 0.2) is 65.8 Å². The minimum absolute atomic E-state index is 0.265. The highest BCUT2D eigenvalue weighted by Gasteiger charge is 2.04. The molecule has 0 atom stereocenters. The Morgan fingerprint density at radius 2 is 1.96 bits per heavy atom. The molecule has 0 saturated carbocycles. The van der Waals surface area contributed by atoms with Crippen molar-refractivity contribution in [1.29, 1.82) is 0 Å². The highest BCUT2D eigenvalue weighted by Crippen LogP contribution is 2.22. The summed E-state index contributed by atoms with van der Waals surface area (Å²) in [5, 5.41) is 7.40. The van der Waals surface area contributed by atoms with E-state index in [1.54, 1.807) is 30.1 Å². The maximum Gasteiger partial charge on any atom is 0.193 e. The van der Waals surface area contributed by atoms with Crippen molar-refractivity contribution in [2.45, 2.75) is 6.54 Å². The molecule has 6 nitrogen and oxygen atoms in total. The normalized spacial score (nSPS) is 11.4. The van der Waals surface area contributed by atoms with E-state index in [0.29, 0.717) is 12.3 Å². The van der Waals surface area contributed by atoms with Gasteiger partial charge in [0.15, 0.2) is 5.96 Å². The summed E-state index contributed by atoms with van der Waals surface area (Å²) >= 11 is 0. The van der Waals surface area contributed by atoms with Gasteiger partial charge in [0.05, 0.1) is 30.7 Å². The number of hydrogen-bond donors (Lipinski definition) is 2. The number of para-hydroxylation sites is 2. The van der Waals surface area contributed by atoms with E-state index in [1.165, 1.54) is 12.1 Å². The van der Waals surface area contributed by atoms with Gasteiger partial charge in [-0.05, 0) is 42.5 Å². The number of ether oxygens (including phenoxy) is 1. The SMILES string of the molecule is COc1ccccc1NC(N)=NCc1ccn(-c2ccc(F)cc2)n1. The zero-order chi connectivity index (χ0) is 17.6. The van der Waals surface area contributed by atoms with E-state index in [4.69, 9.17) is 10.5 Å². The summed E-state index contributed by atoms with van der Waals surface area (Å²) in [5.74, 6) is 0.665. The first-order chi connectivity index (χ1) is 12.2. The highest BCUT2D eigenvalue weighted by atomic mass is 19.1. The van der Waals surface area contributed by atoms with Crippen molar-refractivity contribution in [3.05, 3.63) is 72.3 Å². The predicted octanol–water partition coefficient (Wildman–Crippen LogP) is 2.95. The van der Waals surface area contributed by atoms with Crippen LogP contribution in [0.2, 0.25) is 0 Å². The molecule has 0 radical (unpaired) electrons. The number of nitrogens with zero attached hydrogens (tertiary/aromatic N) is 3. The number of aromatic nitrogens is 2. The number of halogens is 1. The van der Waals surface area contributed by atoms with Crippen LogP contribution in [0, 0.1) is 5.82 Å². The third-order valence-corrected chi connectivity index (χ3v) is 3.52. The van der Waals surface area contributed by atoms with E-state index < -0.39 is 0 Å². The van der Waals surface area contributed by atoms with Crippen LogP contribution < -0.4 is 15.8 Å². The second-order valence-corrected chi connectivity index (χ2v) is 5.25. The van der Waals surface area contributed by atoms with E-state index in [2.05, 4.69) is 15.4 Å². The van der Waals surface area contributed by atoms with Gasteiger partial charge in [0, 0.05) is 6.20 Å². The Morgan fingerprint density at radius 1 is 1.20 bits per heavy atom. The van der Waals surface area contributed by atoms with Crippen molar-refractivity contribution < 1.29 is 9.13 Å². The van der Waals surface area contributed by atoms with Crippen LogP contribution in [0.1, 0.15) is 5.69 Å². The van der Waals surface area contributed by atoms with Gasteiger partial charge in [0.1, 0.15) is 11.6 Å². The predicted molar refractivity (Wildman–Crippen MR) is 95.5 cm³/mol. The molecule has 7 heteroatoms. The summed E-state index contributed by atoms with van der Waals surface area (Å²) in [5.41, 5.74) is 8.18. The number of guanidine groups is 1. The first kappa shape index (κ1) is 16.5. The number of anilines is 1. The van der Waals surface area contributed by atoms with Gasteiger partial charge in [0.2, 0.25) is 0 Å². The summed E-state index contributed by atoms with van der Waals surface area (Å²) in [6.07, 6.45) is 1.79. The third-order valence-electron chi connectivity index (χ3n) is 3.52. The molecule has 0 aliphatic carbocycles. The molecule has 0 amide bonds. The molecular weight excluding hydrogens is 321 g/mol. The summed E-state index contributed by atoms with van der Waals surface area (Å²) in [6.45, 7) is 0.322. The second-order valence-electron chi connectivity index (χ2n) is 5.25. The Hall–Kier alpha value is -3.35. The Bertz CT molecular complexity index is 873. The maximum absolute atomic E-state index is 13.0. The molecule has 0 aliphatic heterocycles. The standard InChI is InChI=1S/C18H18FN5O/c1-25-17-5-3-2-4-16(17)22-18(20)21-12-14-10-11-24(23-14)15-8-6-13(19)7-9-15/h2-11H,12H2,1H3,(H3,20,21,22). The molecule has 1 aromatic heterocycles. The molecule has 25 heavy (non-hydrogen) atoms. The monoisotopic (exact) mass is 339 g/mol. The van der Waals surface area contributed by atoms with Crippen molar-refractivity contribution in [2.75, 3.05) is 12.4 Å². The van der Waals surface area contributed by atoms with Crippen LogP contribution in [0.5, 0.6) is 5.75 Å². The Morgan fingerprint density at radius 3 is 2.72 bits per heavy atom. The lowest BCUT2D eigenvalue weighted by Crippen LogP contribution is -2.23. The summed E-state index contributed by atoms with van der Waals surface area (Å²) in [4.78, 5) is 4.28. The summed E-state index contributed by atoms with van der Waals surface area (Å²) < 4.78 is 19.9. The molecule has 0 aliphatic rings. The van der Waals surface area contributed by atoms with E-state index in [-0.39, 0.29) is 11.8 Å². The first-order valence-electron chi connectivity index (χ1n) is 7.66. The number of benzene rings is 2. The number of methoxy groups -OCH3 is 1. The lowest BCUT2D eigenvalue weighted by Gasteiger charge is -2.09. The smallest absolute Gasteiger partial charge is 0.193 e. The minimum atomic E-state index is -0.282. The molecule has 1 heterocycles. The molecular formula is C18H18FN5O. The van der Waals surface area contributed by atoms with E-state index in [9.17, 15) is 4.39 Å². The fraction of sp³-hybridized carbons (Fsp3) is 0.111. The zero-order valence-electron chi connectivity index (χ0n) is 13.7.